The smallest absolute Gasteiger partial charge is 0.245 e. The van der Waals surface area contributed by atoms with Gasteiger partial charge >= 0.3 is 0 Å². The Morgan fingerprint density at radius 2 is 2.41 bits per heavy atom. The number of carbonyl (C=O) groups excluding carboxylic acids is 2. The van der Waals surface area contributed by atoms with E-state index in [-0.39, 0.29) is 24.5 Å². The van der Waals surface area contributed by atoms with E-state index in [4.69, 9.17) is 4.74 Å². The third-order valence-corrected chi connectivity index (χ3v) is 2.79. The van der Waals surface area contributed by atoms with Gasteiger partial charge in [-0.25, -0.2) is 10.9 Å². The molecule has 2 rings (SSSR count). The Balaban J connectivity index is 1.91. The van der Waals surface area contributed by atoms with E-state index >= 15 is 0 Å². The van der Waals surface area contributed by atoms with Gasteiger partial charge in [-0.3, -0.25) is 9.59 Å². The van der Waals surface area contributed by atoms with Crippen LogP contribution in [0.25, 0.3) is 0 Å². The number of carbonyl (C=O) groups is 2. The molecule has 1 heterocycles. The van der Waals surface area contributed by atoms with E-state index in [1.54, 1.807) is 18.2 Å². The molecule has 1 aromatic rings. The number of hydrogen-bond acceptors (Lipinski definition) is 6. The summed E-state index contributed by atoms with van der Waals surface area (Å²) >= 11 is 0. The highest BCUT2D eigenvalue weighted by atomic mass is 16.5. The topological polar surface area (TPSA) is 112 Å². The molecule has 1 aliphatic rings. The Bertz CT molecular complexity index is 640. The van der Waals surface area contributed by atoms with Gasteiger partial charge in [0, 0.05) is 5.56 Å². The molecule has 0 radical (unpaired) electrons. The first-order valence-corrected chi connectivity index (χ1v) is 6.71. The van der Waals surface area contributed by atoms with E-state index in [9.17, 15) is 14.7 Å². The van der Waals surface area contributed by atoms with Gasteiger partial charge in [0.1, 0.15) is 0 Å². The number of aromatic hydroxyl groups is 1. The molecule has 2 amide bonds. The maximum absolute atomic E-state index is 11.6. The quantitative estimate of drug-likeness (QED) is 0.525. The Morgan fingerprint density at radius 3 is 3.09 bits per heavy atom. The van der Waals surface area contributed by atoms with Gasteiger partial charge in [0.25, 0.3) is 0 Å². The van der Waals surface area contributed by atoms with E-state index in [0.29, 0.717) is 23.6 Å². The lowest BCUT2D eigenvalue weighted by Crippen LogP contribution is -2.20. The van der Waals surface area contributed by atoms with Gasteiger partial charge in [-0.05, 0) is 19.1 Å². The first-order chi connectivity index (χ1) is 10.6. The number of nitrogens with zero attached hydrogens (tertiary/aromatic N) is 2. The zero-order chi connectivity index (χ0) is 15.9. The molecule has 116 valence electrons. The van der Waals surface area contributed by atoms with Gasteiger partial charge in [0.15, 0.2) is 11.5 Å². The fraction of sp³-hybridized carbons (Fsp3) is 0.286. The van der Waals surface area contributed by atoms with Crippen LogP contribution in [0.15, 0.2) is 28.4 Å². The number of hydrogen-bond donors (Lipinski definition) is 3. The highest BCUT2D eigenvalue weighted by molar-refractivity contribution is 6.11. The number of rotatable bonds is 6. The molecule has 0 aliphatic carbocycles. The zero-order valence-electron chi connectivity index (χ0n) is 12.0. The van der Waals surface area contributed by atoms with Crippen LogP contribution in [0.3, 0.4) is 0 Å². The maximum atomic E-state index is 11.6. The molecule has 1 aromatic carbocycles. The highest BCUT2D eigenvalue weighted by Gasteiger charge is 2.17. The van der Waals surface area contributed by atoms with Gasteiger partial charge < -0.3 is 9.84 Å². The summed E-state index contributed by atoms with van der Waals surface area (Å²) in [6.45, 7) is 2.24. The van der Waals surface area contributed by atoms with Gasteiger partial charge in [0.05, 0.1) is 31.4 Å². The standard InChI is InChI=1S/C14H16N4O4/c1-2-22-11-5-3-4-9(14(11)21)8-15-17-12(19)6-10-7-13(20)18-16-10/h3-5,8,21H,2,6-7H2,1H3,(H,17,19)(H,18,20)/b15-8+. The van der Waals surface area contributed by atoms with Crippen molar-refractivity contribution in [1.29, 1.82) is 0 Å². The van der Waals surface area contributed by atoms with E-state index in [2.05, 4.69) is 21.1 Å². The maximum Gasteiger partial charge on any atom is 0.245 e. The van der Waals surface area contributed by atoms with E-state index < -0.39 is 5.91 Å². The minimum Gasteiger partial charge on any atom is -0.504 e. The van der Waals surface area contributed by atoms with Gasteiger partial charge in [-0.15, -0.1) is 0 Å². The number of benzene rings is 1. The van der Waals surface area contributed by atoms with Crippen LogP contribution in [0.1, 0.15) is 25.3 Å². The van der Waals surface area contributed by atoms with Crippen molar-refractivity contribution in [3.63, 3.8) is 0 Å². The Morgan fingerprint density at radius 1 is 1.59 bits per heavy atom. The number of amides is 2. The summed E-state index contributed by atoms with van der Waals surface area (Å²) < 4.78 is 5.25. The summed E-state index contributed by atoms with van der Waals surface area (Å²) in [5, 5.41) is 17.4. The summed E-state index contributed by atoms with van der Waals surface area (Å²) in [6, 6.07) is 4.98. The lowest BCUT2D eigenvalue weighted by molar-refractivity contribution is -0.119. The highest BCUT2D eigenvalue weighted by Crippen LogP contribution is 2.28. The molecular formula is C14H16N4O4. The third kappa shape index (κ3) is 4.05. The van der Waals surface area contributed by atoms with Gasteiger partial charge in [-0.2, -0.15) is 10.2 Å². The molecule has 0 unspecified atom stereocenters. The van der Waals surface area contributed by atoms with E-state index in [1.165, 1.54) is 6.21 Å². The van der Waals surface area contributed by atoms with Crippen molar-refractivity contribution in [2.45, 2.75) is 19.8 Å². The van der Waals surface area contributed by atoms with Crippen molar-refractivity contribution in [2.24, 2.45) is 10.2 Å². The molecule has 0 atom stereocenters. The van der Waals surface area contributed by atoms with Crippen LogP contribution in [-0.2, 0) is 9.59 Å². The number of para-hydroxylation sites is 1. The van der Waals surface area contributed by atoms with Crippen LogP contribution in [0.2, 0.25) is 0 Å². The average Bonchev–Trinajstić information content (AvgIpc) is 2.88. The monoisotopic (exact) mass is 304 g/mol. The van der Waals surface area contributed by atoms with Crippen molar-refractivity contribution < 1.29 is 19.4 Å². The average molecular weight is 304 g/mol. The fourth-order valence-corrected chi connectivity index (χ4v) is 1.82. The minimum atomic E-state index is -0.396. The summed E-state index contributed by atoms with van der Waals surface area (Å²) in [5.41, 5.74) is 5.45. The van der Waals surface area contributed by atoms with Crippen LogP contribution >= 0.6 is 0 Å². The second-order valence-corrected chi connectivity index (χ2v) is 4.49. The Kier molecular flexibility index (Phi) is 5.07. The van der Waals surface area contributed by atoms with Crippen LogP contribution < -0.4 is 15.6 Å². The molecule has 1 aliphatic heterocycles. The number of phenolic OH excluding ortho intramolecular Hbond substituents is 1. The van der Waals surface area contributed by atoms with Crippen LogP contribution in [-0.4, -0.2) is 35.5 Å². The summed E-state index contributed by atoms with van der Waals surface area (Å²) in [5.74, 6) is -0.323. The lowest BCUT2D eigenvalue weighted by atomic mass is 10.2. The molecule has 0 saturated heterocycles. The van der Waals surface area contributed by atoms with Crippen LogP contribution in [0.5, 0.6) is 11.5 Å². The molecule has 22 heavy (non-hydrogen) atoms. The molecule has 0 fully saturated rings. The van der Waals surface area contributed by atoms with Crippen molar-refractivity contribution in [3.8, 4) is 11.5 Å². The van der Waals surface area contributed by atoms with Crippen molar-refractivity contribution in [3.05, 3.63) is 23.8 Å². The summed E-state index contributed by atoms with van der Waals surface area (Å²) in [6.07, 6.45) is 1.42. The largest absolute Gasteiger partial charge is 0.504 e. The zero-order valence-corrected chi connectivity index (χ0v) is 12.0. The molecule has 3 N–H and O–H groups in total. The molecule has 0 aromatic heterocycles. The Hall–Kier alpha value is -2.90. The fourth-order valence-electron chi connectivity index (χ4n) is 1.82. The summed E-state index contributed by atoms with van der Waals surface area (Å²) in [7, 11) is 0. The van der Waals surface area contributed by atoms with Gasteiger partial charge in [-0.1, -0.05) is 6.07 Å². The van der Waals surface area contributed by atoms with Crippen LogP contribution in [0, 0.1) is 0 Å². The number of nitrogens with one attached hydrogen (secondary N) is 2. The predicted molar refractivity (Wildman–Crippen MR) is 79.8 cm³/mol. The van der Waals surface area contributed by atoms with Crippen molar-refractivity contribution in [2.75, 3.05) is 6.61 Å². The molecule has 8 heteroatoms. The first-order valence-electron chi connectivity index (χ1n) is 6.71. The molecule has 0 spiro atoms. The second-order valence-electron chi connectivity index (χ2n) is 4.49. The second kappa shape index (κ2) is 7.21. The third-order valence-electron chi connectivity index (χ3n) is 2.79. The SMILES string of the molecule is CCOc1cccc(/C=N/NC(=O)CC2=NNC(=O)C2)c1O. The van der Waals surface area contributed by atoms with Crippen molar-refractivity contribution in [1.82, 2.24) is 10.9 Å². The normalized spacial score (nSPS) is 13.9. The molecule has 0 bridgehead atoms. The predicted octanol–water partition coefficient (Wildman–Crippen LogP) is 0.507. The van der Waals surface area contributed by atoms with E-state index in [0.717, 1.165) is 0 Å². The summed E-state index contributed by atoms with van der Waals surface area (Å²) in [4.78, 5) is 22.5. The van der Waals surface area contributed by atoms with E-state index in [1.807, 2.05) is 6.92 Å². The number of phenols is 1. The molecule has 8 nitrogen and oxygen atoms in total. The van der Waals surface area contributed by atoms with Gasteiger partial charge in [0.2, 0.25) is 11.8 Å². The Labute approximate surface area is 126 Å². The van der Waals surface area contributed by atoms with Crippen molar-refractivity contribution >= 4 is 23.7 Å². The molecular weight excluding hydrogens is 288 g/mol. The lowest BCUT2D eigenvalue weighted by Gasteiger charge is -2.07. The number of ether oxygens (including phenoxy) is 1. The first kappa shape index (κ1) is 15.5. The van der Waals surface area contributed by atoms with Crippen LogP contribution in [0.4, 0.5) is 0 Å². The number of hydrazone groups is 2. The molecule has 0 saturated carbocycles. The minimum absolute atomic E-state index is 0.0128.